The van der Waals surface area contributed by atoms with Crippen LogP contribution in [0.25, 0.3) is 32.0 Å². The van der Waals surface area contributed by atoms with E-state index in [0.29, 0.717) is 0 Å². The molecule has 4 rings (SSSR count). The Labute approximate surface area is 129 Å². The summed E-state index contributed by atoms with van der Waals surface area (Å²) in [5, 5.41) is 5.32. The minimum Gasteiger partial charge on any atom is -0.141 e. The fourth-order valence-corrected chi connectivity index (χ4v) is 4.08. The summed E-state index contributed by atoms with van der Waals surface area (Å²) < 4.78 is 0. The Balaban J connectivity index is 2.21. The van der Waals surface area contributed by atoms with Crippen LogP contribution in [0.4, 0.5) is 0 Å². The maximum atomic E-state index is 2.33. The molecule has 0 aliphatic rings. The highest BCUT2D eigenvalue weighted by molar-refractivity contribution is 7.16. The standard InChI is InChI=1S/C19H15BS/c1-12-17(20)11-18(21-12)19-15-8-4-2-6-13(15)10-14-7-3-5-9-16(14)19/h2-11H,20H2,1H3. The van der Waals surface area contributed by atoms with E-state index >= 15 is 0 Å². The van der Waals surface area contributed by atoms with E-state index < -0.39 is 0 Å². The summed E-state index contributed by atoms with van der Waals surface area (Å²) in [5.74, 6) is 0. The Morgan fingerprint density at radius 2 is 1.38 bits per heavy atom. The van der Waals surface area contributed by atoms with E-state index in [4.69, 9.17) is 0 Å². The van der Waals surface area contributed by atoms with Gasteiger partial charge in [-0.3, -0.25) is 0 Å². The molecule has 0 nitrogen and oxygen atoms in total. The Morgan fingerprint density at radius 1 is 0.810 bits per heavy atom. The van der Waals surface area contributed by atoms with Gasteiger partial charge in [0.25, 0.3) is 0 Å². The van der Waals surface area contributed by atoms with Gasteiger partial charge in [0, 0.05) is 10.4 Å². The molecule has 2 heteroatoms. The first-order valence-electron chi connectivity index (χ1n) is 7.22. The fourth-order valence-electron chi connectivity index (χ4n) is 2.98. The van der Waals surface area contributed by atoms with Gasteiger partial charge < -0.3 is 0 Å². The van der Waals surface area contributed by atoms with Gasteiger partial charge in [-0.15, -0.1) is 11.3 Å². The number of hydrogen-bond donors (Lipinski definition) is 0. The van der Waals surface area contributed by atoms with Crippen molar-refractivity contribution in [2.45, 2.75) is 6.92 Å². The van der Waals surface area contributed by atoms with Crippen LogP contribution in [-0.2, 0) is 0 Å². The molecule has 0 radical (unpaired) electrons. The zero-order valence-electron chi connectivity index (χ0n) is 12.2. The summed E-state index contributed by atoms with van der Waals surface area (Å²) in [7, 11) is 2.20. The molecule has 3 aromatic carbocycles. The van der Waals surface area contributed by atoms with E-state index in [9.17, 15) is 0 Å². The van der Waals surface area contributed by atoms with Gasteiger partial charge >= 0.3 is 0 Å². The maximum absolute atomic E-state index is 2.33. The lowest BCUT2D eigenvalue weighted by molar-refractivity contribution is 1.69. The number of fused-ring (bicyclic) bond motifs is 2. The average molecular weight is 286 g/mol. The molecular formula is C19H15BS. The molecule has 0 spiro atoms. The number of rotatable bonds is 1. The molecule has 1 aromatic heterocycles. The van der Waals surface area contributed by atoms with Gasteiger partial charge in [0.05, 0.1) is 0 Å². The van der Waals surface area contributed by atoms with Gasteiger partial charge in [-0.2, -0.15) is 0 Å². The Hall–Kier alpha value is -2.06. The topological polar surface area (TPSA) is 0 Å². The van der Waals surface area contributed by atoms with Crippen molar-refractivity contribution >= 4 is 46.2 Å². The zero-order valence-corrected chi connectivity index (χ0v) is 13.0. The molecule has 100 valence electrons. The number of hydrogen-bond acceptors (Lipinski definition) is 1. The van der Waals surface area contributed by atoms with Crippen molar-refractivity contribution < 1.29 is 0 Å². The van der Waals surface area contributed by atoms with Crippen molar-refractivity contribution in [2.75, 3.05) is 0 Å². The quantitative estimate of drug-likeness (QED) is 0.362. The van der Waals surface area contributed by atoms with E-state index in [1.54, 1.807) is 0 Å². The minimum atomic E-state index is 1.31. The molecule has 0 aliphatic carbocycles. The first-order valence-corrected chi connectivity index (χ1v) is 8.03. The van der Waals surface area contributed by atoms with E-state index in [1.807, 2.05) is 11.3 Å². The van der Waals surface area contributed by atoms with Gasteiger partial charge in [-0.1, -0.05) is 54.0 Å². The van der Waals surface area contributed by atoms with Crippen molar-refractivity contribution in [3.63, 3.8) is 0 Å². The van der Waals surface area contributed by atoms with Crippen molar-refractivity contribution in [1.82, 2.24) is 0 Å². The molecule has 0 bridgehead atoms. The lowest BCUT2D eigenvalue weighted by Gasteiger charge is -2.10. The normalized spacial score (nSPS) is 11.3. The van der Waals surface area contributed by atoms with Gasteiger partial charge in [-0.25, -0.2) is 0 Å². The van der Waals surface area contributed by atoms with Gasteiger partial charge in [0.15, 0.2) is 0 Å². The summed E-state index contributed by atoms with van der Waals surface area (Å²) in [6.07, 6.45) is 0. The van der Waals surface area contributed by atoms with E-state index in [0.717, 1.165) is 0 Å². The van der Waals surface area contributed by atoms with E-state index in [1.165, 1.54) is 42.3 Å². The molecule has 0 unspecified atom stereocenters. The summed E-state index contributed by atoms with van der Waals surface area (Å²) in [5.41, 5.74) is 2.76. The highest BCUT2D eigenvalue weighted by Gasteiger charge is 2.12. The summed E-state index contributed by atoms with van der Waals surface area (Å²) in [4.78, 5) is 2.78. The molecule has 0 aliphatic heterocycles. The first kappa shape index (κ1) is 12.7. The average Bonchev–Trinajstić information content (AvgIpc) is 2.83. The number of aryl methyl sites for hydroxylation is 1. The number of thiophene rings is 1. The molecule has 21 heavy (non-hydrogen) atoms. The van der Waals surface area contributed by atoms with Crippen molar-refractivity contribution in [3.05, 3.63) is 65.5 Å². The van der Waals surface area contributed by atoms with Crippen LogP contribution in [0.2, 0.25) is 0 Å². The Kier molecular flexibility index (Phi) is 2.86. The molecule has 0 N–H and O–H groups in total. The largest absolute Gasteiger partial charge is 0.141 e. The molecular weight excluding hydrogens is 271 g/mol. The van der Waals surface area contributed by atoms with Gasteiger partial charge in [0.1, 0.15) is 7.85 Å². The molecule has 0 saturated heterocycles. The Bertz CT molecular complexity index is 892. The lowest BCUT2D eigenvalue weighted by atomic mass is 9.93. The monoisotopic (exact) mass is 286 g/mol. The summed E-state index contributed by atoms with van der Waals surface area (Å²) in [6.45, 7) is 2.21. The molecule has 1 heterocycles. The highest BCUT2D eigenvalue weighted by atomic mass is 32.1. The van der Waals surface area contributed by atoms with Crippen LogP contribution >= 0.6 is 11.3 Å². The van der Waals surface area contributed by atoms with E-state index in [-0.39, 0.29) is 0 Å². The summed E-state index contributed by atoms with van der Waals surface area (Å²) >= 11 is 1.90. The zero-order chi connectivity index (χ0) is 14.4. The van der Waals surface area contributed by atoms with Crippen LogP contribution in [0.5, 0.6) is 0 Å². The highest BCUT2D eigenvalue weighted by Crippen LogP contribution is 2.38. The molecule has 0 atom stereocenters. The van der Waals surface area contributed by atoms with Crippen LogP contribution in [0.15, 0.2) is 60.7 Å². The second kappa shape index (κ2) is 4.75. The lowest BCUT2D eigenvalue weighted by Crippen LogP contribution is -1.99. The molecule has 0 saturated carbocycles. The van der Waals surface area contributed by atoms with Crippen LogP contribution in [0, 0.1) is 6.92 Å². The minimum absolute atomic E-state index is 1.31. The van der Waals surface area contributed by atoms with Crippen LogP contribution in [0.3, 0.4) is 0 Å². The van der Waals surface area contributed by atoms with Crippen molar-refractivity contribution in [3.8, 4) is 10.4 Å². The second-order valence-electron chi connectivity index (χ2n) is 5.54. The van der Waals surface area contributed by atoms with Crippen molar-refractivity contribution in [1.29, 1.82) is 0 Å². The van der Waals surface area contributed by atoms with Crippen LogP contribution < -0.4 is 5.46 Å². The second-order valence-corrected chi connectivity index (χ2v) is 6.80. The third-order valence-corrected chi connectivity index (χ3v) is 5.35. The maximum Gasteiger partial charge on any atom is 0.140 e. The predicted molar refractivity (Wildman–Crippen MR) is 97.7 cm³/mol. The smallest absolute Gasteiger partial charge is 0.140 e. The fraction of sp³-hybridized carbons (Fsp3) is 0.0526. The third-order valence-electron chi connectivity index (χ3n) is 4.18. The van der Waals surface area contributed by atoms with Gasteiger partial charge in [0.2, 0.25) is 0 Å². The Morgan fingerprint density at radius 3 is 1.90 bits per heavy atom. The molecule has 4 aromatic rings. The third kappa shape index (κ3) is 1.98. The van der Waals surface area contributed by atoms with E-state index in [2.05, 4.69) is 75.4 Å². The van der Waals surface area contributed by atoms with Crippen molar-refractivity contribution in [2.24, 2.45) is 0 Å². The van der Waals surface area contributed by atoms with Crippen LogP contribution in [-0.4, -0.2) is 7.85 Å². The SMILES string of the molecule is Bc1cc(-c2c3ccccc3cc3ccccc23)sc1C. The predicted octanol–water partition coefficient (Wildman–Crippen LogP) is 4.29. The number of benzene rings is 3. The summed E-state index contributed by atoms with van der Waals surface area (Å²) in [6, 6.07) is 22.0. The molecule has 0 amide bonds. The van der Waals surface area contributed by atoms with Crippen LogP contribution in [0.1, 0.15) is 4.88 Å². The van der Waals surface area contributed by atoms with Gasteiger partial charge in [-0.05, 0) is 45.5 Å². The first-order chi connectivity index (χ1) is 10.2. The molecule has 0 fully saturated rings.